The Balaban J connectivity index is 1.75. The molecule has 0 aliphatic heterocycles. The van der Waals surface area contributed by atoms with Crippen molar-refractivity contribution in [3.05, 3.63) is 59.7 Å². The van der Waals surface area contributed by atoms with Crippen LogP contribution in [0.25, 0.3) is 0 Å². The predicted octanol–water partition coefficient (Wildman–Crippen LogP) is 4.73. The normalized spacial score (nSPS) is 11.9. The van der Waals surface area contributed by atoms with E-state index in [0.29, 0.717) is 24.6 Å². The van der Waals surface area contributed by atoms with Gasteiger partial charge in [-0.1, -0.05) is 45.0 Å². The smallest absolute Gasteiger partial charge is 0.261 e. The van der Waals surface area contributed by atoms with Crippen LogP contribution in [-0.4, -0.2) is 25.7 Å². The Morgan fingerprint density at radius 2 is 1.63 bits per heavy atom. The molecule has 4 nitrogen and oxygen atoms in total. The van der Waals surface area contributed by atoms with Gasteiger partial charge in [0.2, 0.25) is 0 Å². The summed E-state index contributed by atoms with van der Waals surface area (Å²) in [4.78, 5) is 12.4. The number of ether oxygens (including phenoxy) is 2. The molecule has 0 unspecified atom stereocenters. The quantitative estimate of drug-likeness (QED) is 0.616. The summed E-state index contributed by atoms with van der Waals surface area (Å²) in [5.41, 5.74) is 2.66. The van der Waals surface area contributed by atoms with Crippen LogP contribution in [0.5, 0.6) is 11.5 Å². The number of hydrogen-bond acceptors (Lipinski definition) is 3. The molecule has 0 bridgehead atoms. The second kappa shape index (κ2) is 10.6. The van der Waals surface area contributed by atoms with E-state index < -0.39 is 6.10 Å². The molecule has 0 saturated heterocycles. The summed E-state index contributed by atoms with van der Waals surface area (Å²) in [5.74, 6) is 1.92. The van der Waals surface area contributed by atoms with Gasteiger partial charge in [0.25, 0.3) is 5.91 Å². The van der Waals surface area contributed by atoms with Gasteiger partial charge in [0.1, 0.15) is 11.5 Å². The third kappa shape index (κ3) is 6.63. The molecule has 0 fully saturated rings. The van der Waals surface area contributed by atoms with Gasteiger partial charge in [-0.25, -0.2) is 0 Å². The zero-order valence-electron chi connectivity index (χ0n) is 16.8. The van der Waals surface area contributed by atoms with E-state index in [1.807, 2.05) is 31.2 Å². The predicted molar refractivity (Wildman–Crippen MR) is 110 cm³/mol. The topological polar surface area (TPSA) is 47.6 Å². The molecule has 2 aromatic rings. The molecule has 2 aromatic carbocycles. The van der Waals surface area contributed by atoms with Crippen molar-refractivity contribution in [1.82, 2.24) is 5.32 Å². The summed E-state index contributed by atoms with van der Waals surface area (Å²) in [7, 11) is 1.62. The fraction of sp³-hybridized carbons (Fsp3) is 0.435. The average molecular weight is 370 g/mol. The van der Waals surface area contributed by atoms with Crippen molar-refractivity contribution >= 4 is 5.91 Å². The Morgan fingerprint density at radius 3 is 2.19 bits per heavy atom. The zero-order valence-corrected chi connectivity index (χ0v) is 16.8. The Morgan fingerprint density at radius 1 is 1.00 bits per heavy atom. The largest absolute Gasteiger partial charge is 0.497 e. The molecule has 0 spiro atoms. The fourth-order valence-corrected chi connectivity index (χ4v) is 2.83. The van der Waals surface area contributed by atoms with E-state index >= 15 is 0 Å². The summed E-state index contributed by atoms with van der Waals surface area (Å²) in [6.07, 6.45) is 2.00. The number of carbonyl (C=O) groups excluding carboxylic acids is 1. The Kier molecular flexibility index (Phi) is 8.18. The van der Waals surface area contributed by atoms with Crippen molar-refractivity contribution in [3.63, 3.8) is 0 Å². The molecular formula is C23H31NO3. The number of aryl methyl sites for hydroxylation is 1. The average Bonchev–Trinajstić information content (AvgIpc) is 2.70. The van der Waals surface area contributed by atoms with Crippen molar-refractivity contribution < 1.29 is 14.3 Å². The van der Waals surface area contributed by atoms with Gasteiger partial charge in [-0.3, -0.25) is 4.79 Å². The first kappa shape index (κ1) is 20.8. The van der Waals surface area contributed by atoms with Crippen LogP contribution in [0.2, 0.25) is 0 Å². The van der Waals surface area contributed by atoms with E-state index in [9.17, 15) is 4.79 Å². The minimum absolute atomic E-state index is 0.0662. The van der Waals surface area contributed by atoms with Crippen LogP contribution in [-0.2, 0) is 11.2 Å². The van der Waals surface area contributed by atoms with Crippen molar-refractivity contribution in [2.75, 3.05) is 13.7 Å². The maximum Gasteiger partial charge on any atom is 0.261 e. The van der Waals surface area contributed by atoms with Gasteiger partial charge >= 0.3 is 0 Å². The van der Waals surface area contributed by atoms with E-state index in [-0.39, 0.29) is 5.91 Å². The summed E-state index contributed by atoms with van der Waals surface area (Å²) in [6, 6.07) is 16.0. The minimum atomic E-state index is -0.483. The first-order valence-electron chi connectivity index (χ1n) is 9.70. The van der Waals surface area contributed by atoms with Crippen LogP contribution in [0.1, 0.15) is 50.7 Å². The van der Waals surface area contributed by atoms with Gasteiger partial charge in [-0.15, -0.1) is 0 Å². The van der Waals surface area contributed by atoms with Crippen molar-refractivity contribution in [3.8, 4) is 11.5 Å². The third-order valence-corrected chi connectivity index (χ3v) is 4.59. The van der Waals surface area contributed by atoms with Crippen LogP contribution >= 0.6 is 0 Å². The van der Waals surface area contributed by atoms with Crippen LogP contribution in [0, 0.1) is 0 Å². The zero-order chi connectivity index (χ0) is 19.6. The van der Waals surface area contributed by atoms with Gasteiger partial charge in [-0.05, 0) is 60.6 Å². The highest BCUT2D eigenvalue weighted by Gasteiger charge is 2.17. The van der Waals surface area contributed by atoms with E-state index in [1.165, 1.54) is 11.1 Å². The molecule has 0 saturated carbocycles. The number of rotatable bonds is 10. The van der Waals surface area contributed by atoms with Gasteiger partial charge in [0.15, 0.2) is 6.10 Å². The maximum absolute atomic E-state index is 12.4. The second-order valence-corrected chi connectivity index (χ2v) is 6.98. The van der Waals surface area contributed by atoms with Crippen molar-refractivity contribution in [2.24, 2.45) is 0 Å². The van der Waals surface area contributed by atoms with Gasteiger partial charge < -0.3 is 14.8 Å². The van der Waals surface area contributed by atoms with Crippen molar-refractivity contribution in [2.45, 2.75) is 52.1 Å². The lowest BCUT2D eigenvalue weighted by atomic mass is 10.0. The summed E-state index contributed by atoms with van der Waals surface area (Å²) >= 11 is 0. The molecule has 1 N–H and O–H groups in total. The summed E-state index contributed by atoms with van der Waals surface area (Å²) in [6.45, 7) is 6.99. The summed E-state index contributed by atoms with van der Waals surface area (Å²) < 4.78 is 10.9. The molecule has 2 rings (SSSR count). The highest BCUT2D eigenvalue weighted by atomic mass is 16.5. The number of benzene rings is 2. The van der Waals surface area contributed by atoms with Gasteiger partial charge in [0.05, 0.1) is 7.11 Å². The third-order valence-electron chi connectivity index (χ3n) is 4.59. The van der Waals surface area contributed by atoms with Crippen LogP contribution in [0.15, 0.2) is 48.5 Å². The standard InChI is InChI=1S/C23H31NO3/c1-5-22(27-21-14-12-20(26-4)13-15-21)23(25)24-16-6-7-18-8-10-19(11-9-18)17(2)3/h8-15,17,22H,5-7,16H2,1-4H3,(H,24,25)/t22-/m0/s1. The molecule has 0 heterocycles. The molecule has 4 heteroatoms. The Labute approximate surface area is 162 Å². The number of methoxy groups -OCH3 is 1. The monoisotopic (exact) mass is 369 g/mol. The first-order chi connectivity index (χ1) is 13.0. The molecule has 0 aliphatic rings. The first-order valence-corrected chi connectivity index (χ1v) is 9.70. The number of hydrogen-bond donors (Lipinski definition) is 1. The Hall–Kier alpha value is -2.49. The second-order valence-electron chi connectivity index (χ2n) is 6.98. The van der Waals surface area contributed by atoms with Crippen LogP contribution < -0.4 is 14.8 Å². The van der Waals surface area contributed by atoms with Crippen LogP contribution in [0.4, 0.5) is 0 Å². The number of amides is 1. The highest BCUT2D eigenvalue weighted by Crippen LogP contribution is 2.19. The fourth-order valence-electron chi connectivity index (χ4n) is 2.83. The highest BCUT2D eigenvalue weighted by molar-refractivity contribution is 5.81. The van der Waals surface area contributed by atoms with E-state index in [4.69, 9.17) is 9.47 Å². The Bertz CT molecular complexity index is 693. The van der Waals surface area contributed by atoms with Crippen LogP contribution in [0.3, 0.4) is 0 Å². The molecule has 1 atom stereocenters. The van der Waals surface area contributed by atoms with Crippen molar-refractivity contribution in [1.29, 1.82) is 0 Å². The molecule has 0 aliphatic carbocycles. The molecule has 0 aromatic heterocycles. The van der Waals surface area contributed by atoms with E-state index in [0.717, 1.165) is 18.6 Å². The number of carbonyl (C=O) groups is 1. The van der Waals surface area contributed by atoms with E-state index in [2.05, 4.69) is 43.4 Å². The lowest BCUT2D eigenvalue weighted by Gasteiger charge is -2.17. The number of nitrogens with one attached hydrogen (secondary N) is 1. The molecule has 0 radical (unpaired) electrons. The molecular weight excluding hydrogens is 338 g/mol. The van der Waals surface area contributed by atoms with E-state index in [1.54, 1.807) is 7.11 Å². The van der Waals surface area contributed by atoms with Gasteiger partial charge in [0, 0.05) is 6.54 Å². The summed E-state index contributed by atoms with van der Waals surface area (Å²) in [5, 5.41) is 2.99. The molecule has 1 amide bonds. The maximum atomic E-state index is 12.4. The molecule has 27 heavy (non-hydrogen) atoms. The SMILES string of the molecule is CC[C@H](Oc1ccc(OC)cc1)C(=O)NCCCc1ccc(C(C)C)cc1. The lowest BCUT2D eigenvalue weighted by molar-refractivity contribution is -0.128. The van der Waals surface area contributed by atoms with Gasteiger partial charge in [-0.2, -0.15) is 0 Å². The molecule has 146 valence electrons. The lowest BCUT2D eigenvalue weighted by Crippen LogP contribution is -2.38. The minimum Gasteiger partial charge on any atom is -0.497 e.